The van der Waals surface area contributed by atoms with Crippen LogP contribution in [-0.2, 0) is 4.74 Å². The normalized spacial score (nSPS) is 10.3. The minimum Gasteiger partial charge on any atom is -0.462 e. The maximum Gasteiger partial charge on any atom is 0.338 e. The first-order valence-electron chi connectivity index (χ1n) is 9.21. The summed E-state index contributed by atoms with van der Waals surface area (Å²) in [7, 11) is 0. The highest BCUT2D eigenvalue weighted by atomic mass is 16.5. The van der Waals surface area contributed by atoms with Crippen LogP contribution in [-0.4, -0.2) is 28.5 Å². The Labute approximate surface area is 169 Å². The van der Waals surface area contributed by atoms with Crippen LogP contribution in [0.25, 0.3) is 0 Å². The van der Waals surface area contributed by atoms with Crippen molar-refractivity contribution in [3.05, 3.63) is 77.1 Å². The van der Waals surface area contributed by atoms with Gasteiger partial charge in [0.25, 0.3) is 5.91 Å². The summed E-state index contributed by atoms with van der Waals surface area (Å²) in [5.74, 6) is -0.327. The van der Waals surface area contributed by atoms with E-state index in [-0.39, 0.29) is 5.91 Å². The lowest BCUT2D eigenvalue weighted by Gasteiger charge is -2.10. The van der Waals surface area contributed by atoms with Crippen LogP contribution in [0.5, 0.6) is 0 Å². The van der Waals surface area contributed by atoms with Crippen molar-refractivity contribution in [3.63, 3.8) is 0 Å². The number of hydrogen-bond acceptors (Lipinski definition) is 6. The van der Waals surface area contributed by atoms with Crippen LogP contribution in [0.15, 0.2) is 54.9 Å². The summed E-state index contributed by atoms with van der Waals surface area (Å²) in [5, 5.41) is 5.91. The number of benzene rings is 2. The van der Waals surface area contributed by atoms with Gasteiger partial charge >= 0.3 is 5.97 Å². The highest BCUT2D eigenvalue weighted by Gasteiger charge is 2.10. The van der Waals surface area contributed by atoms with Crippen molar-refractivity contribution in [2.24, 2.45) is 0 Å². The van der Waals surface area contributed by atoms with E-state index in [1.165, 1.54) is 12.4 Å². The maximum atomic E-state index is 12.4. The van der Waals surface area contributed by atoms with Gasteiger partial charge in [0.05, 0.1) is 17.7 Å². The minimum atomic E-state index is -0.397. The fourth-order valence-corrected chi connectivity index (χ4v) is 2.61. The number of carbonyl (C=O) groups excluding carboxylic acids is 2. The van der Waals surface area contributed by atoms with E-state index < -0.39 is 5.97 Å². The quantitative estimate of drug-likeness (QED) is 0.611. The number of nitrogens with one attached hydrogen (secondary N) is 2. The van der Waals surface area contributed by atoms with E-state index in [9.17, 15) is 9.59 Å². The molecular weight excluding hydrogens is 368 g/mol. The zero-order chi connectivity index (χ0) is 20.8. The molecule has 1 heterocycles. The molecule has 1 aromatic heterocycles. The molecule has 0 bridgehead atoms. The molecule has 0 atom stereocenters. The van der Waals surface area contributed by atoms with E-state index in [4.69, 9.17) is 4.74 Å². The fraction of sp³-hybridized carbons (Fsp3) is 0.182. The maximum absolute atomic E-state index is 12.4. The van der Waals surface area contributed by atoms with E-state index >= 15 is 0 Å². The second kappa shape index (κ2) is 8.97. The Morgan fingerprint density at radius 2 is 1.66 bits per heavy atom. The number of aryl methyl sites for hydroxylation is 2. The predicted molar refractivity (Wildman–Crippen MR) is 112 cm³/mol. The highest BCUT2D eigenvalue weighted by Crippen LogP contribution is 2.19. The number of ether oxygens (including phenoxy) is 1. The van der Waals surface area contributed by atoms with Crippen LogP contribution >= 0.6 is 0 Å². The first-order valence-corrected chi connectivity index (χ1v) is 9.21. The van der Waals surface area contributed by atoms with Gasteiger partial charge in [0.2, 0.25) is 5.95 Å². The minimum absolute atomic E-state index is 0.311. The van der Waals surface area contributed by atoms with Crippen molar-refractivity contribution < 1.29 is 14.3 Å². The summed E-state index contributed by atoms with van der Waals surface area (Å²) < 4.78 is 4.94. The van der Waals surface area contributed by atoms with E-state index in [0.29, 0.717) is 29.4 Å². The van der Waals surface area contributed by atoms with E-state index in [2.05, 4.69) is 20.6 Å². The van der Waals surface area contributed by atoms with Gasteiger partial charge in [-0.25, -0.2) is 14.8 Å². The molecule has 29 heavy (non-hydrogen) atoms. The average Bonchev–Trinajstić information content (AvgIpc) is 2.72. The SMILES string of the molecule is CCOC(=O)c1ccc(NC(=O)c2cnc(Nc3cc(C)ccc3C)nc2)cc1. The van der Waals surface area contributed by atoms with Crippen molar-refractivity contribution in [2.75, 3.05) is 17.2 Å². The van der Waals surface area contributed by atoms with Crippen LogP contribution in [0, 0.1) is 13.8 Å². The summed E-state index contributed by atoms with van der Waals surface area (Å²) in [4.78, 5) is 32.5. The van der Waals surface area contributed by atoms with Crippen LogP contribution in [0.1, 0.15) is 38.8 Å². The zero-order valence-electron chi connectivity index (χ0n) is 16.5. The predicted octanol–water partition coefficient (Wildman–Crippen LogP) is 4.27. The molecule has 3 aromatic rings. The molecule has 0 radical (unpaired) electrons. The molecule has 0 unspecified atom stereocenters. The lowest BCUT2D eigenvalue weighted by atomic mass is 10.1. The van der Waals surface area contributed by atoms with Gasteiger partial charge in [0.1, 0.15) is 0 Å². The molecule has 7 heteroatoms. The molecule has 1 amide bonds. The molecular formula is C22H22N4O3. The van der Waals surface area contributed by atoms with Crippen molar-refractivity contribution in [1.82, 2.24) is 9.97 Å². The Morgan fingerprint density at radius 1 is 0.966 bits per heavy atom. The molecule has 0 aliphatic rings. The second-order valence-corrected chi connectivity index (χ2v) is 6.49. The number of carbonyl (C=O) groups is 2. The van der Waals surface area contributed by atoms with Crippen LogP contribution in [0.3, 0.4) is 0 Å². The van der Waals surface area contributed by atoms with E-state index in [1.807, 2.05) is 32.0 Å². The molecule has 2 aromatic carbocycles. The van der Waals surface area contributed by atoms with Crippen LogP contribution < -0.4 is 10.6 Å². The van der Waals surface area contributed by atoms with Crippen molar-refractivity contribution in [1.29, 1.82) is 0 Å². The van der Waals surface area contributed by atoms with Crippen molar-refractivity contribution in [2.45, 2.75) is 20.8 Å². The summed E-state index contributed by atoms with van der Waals surface area (Å²) in [6, 6.07) is 12.5. The Balaban J connectivity index is 1.64. The lowest BCUT2D eigenvalue weighted by molar-refractivity contribution is 0.0526. The molecule has 0 saturated heterocycles. The summed E-state index contributed by atoms with van der Waals surface area (Å²) in [5.41, 5.74) is 4.43. The standard InChI is InChI=1S/C22H22N4O3/c1-4-29-21(28)16-7-9-18(10-8-16)25-20(27)17-12-23-22(24-13-17)26-19-11-14(2)5-6-15(19)3/h5-13H,4H2,1-3H3,(H,25,27)(H,23,24,26). The molecule has 0 aliphatic carbocycles. The van der Waals surface area contributed by atoms with E-state index in [0.717, 1.165) is 16.8 Å². The Morgan fingerprint density at radius 3 is 2.31 bits per heavy atom. The van der Waals surface area contributed by atoms with E-state index in [1.54, 1.807) is 31.2 Å². The van der Waals surface area contributed by atoms with Gasteiger partial charge in [-0.15, -0.1) is 0 Å². The zero-order valence-corrected chi connectivity index (χ0v) is 16.5. The van der Waals surface area contributed by atoms with Gasteiger partial charge in [0.15, 0.2) is 0 Å². The van der Waals surface area contributed by atoms with Gasteiger partial charge in [0, 0.05) is 23.8 Å². The Kier molecular flexibility index (Phi) is 6.19. The number of rotatable bonds is 6. The van der Waals surface area contributed by atoms with Crippen LogP contribution in [0.4, 0.5) is 17.3 Å². The molecule has 148 valence electrons. The summed E-state index contributed by atoms with van der Waals surface area (Å²) in [6.07, 6.45) is 2.92. The van der Waals surface area contributed by atoms with Gasteiger partial charge in [-0.05, 0) is 62.2 Å². The monoisotopic (exact) mass is 390 g/mol. The molecule has 3 rings (SSSR count). The number of nitrogens with zero attached hydrogens (tertiary/aromatic N) is 2. The first kappa shape index (κ1) is 20.0. The number of aromatic nitrogens is 2. The third kappa shape index (κ3) is 5.16. The molecule has 0 aliphatic heterocycles. The smallest absolute Gasteiger partial charge is 0.338 e. The first-order chi connectivity index (χ1) is 14.0. The number of anilines is 3. The number of hydrogen-bond donors (Lipinski definition) is 2. The van der Waals surface area contributed by atoms with Gasteiger partial charge < -0.3 is 15.4 Å². The largest absolute Gasteiger partial charge is 0.462 e. The second-order valence-electron chi connectivity index (χ2n) is 6.49. The lowest BCUT2D eigenvalue weighted by Crippen LogP contribution is -2.13. The van der Waals surface area contributed by atoms with Gasteiger partial charge in [-0.2, -0.15) is 0 Å². The van der Waals surface area contributed by atoms with Gasteiger partial charge in [-0.3, -0.25) is 4.79 Å². The Bertz CT molecular complexity index is 1020. The van der Waals surface area contributed by atoms with Crippen molar-refractivity contribution >= 4 is 29.2 Å². The number of amides is 1. The summed E-state index contributed by atoms with van der Waals surface area (Å²) >= 11 is 0. The third-order valence-electron chi connectivity index (χ3n) is 4.21. The average molecular weight is 390 g/mol. The topological polar surface area (TPSA) is 93.2 Å². The fourth-order valence-electron chi connectivity index (χ4n) is 2.61. The molecule has 0 saturated carbocycles. The molecule has 7 nitrogen and oxygen atoms in total. The third-order valence-corrected chi connectivity index (χ3v) is 4.21. The Hall–Kier alpha value is -3.74. The van der Waals surface area contributed by atoms with Crippen molar-refractivity contribution in [3.8, 4) is 0 Å². The molecule has 2 N–H and O–H groups in total. The highest BCUT2D eigenvalue weighted by molar-refractivity contribution is 6.04. The van der Waals surface area contributed by atoms with Gasteiger partial charge in [-0.1, -0.05) is 12.1 Å². The van der Waals surface area contributed by atoms with Crippen LogP contribution in [0.2, 0.25) is 0 Å². The number of esters is 1. The molecule has 0 fully saturated rings. The summed E-state index contributed by atoms with van der Waals surface area (Å²) in [6.45, 7) is 6.07. The molecule has 0 spiro atoms.